The molecule has 0 unspecified atom stereocenters. The molecule has 1 aromatic heterocycles. The summed E-state index contributed by atoms with van der Waals surface area (Å²) in [6.07, 6.45) is 3.73. The van der Waals surface area contributed by atoms with Crippen molar-refractivity contribution >= 4 is 11.4 Å². The fraction of sp³-hybridized carbons (Fsp3) is 0.353. The molecule has 0 spiro atoms. The third-order valence-corrected chi connectivity index (χ3v) is 4.08. The lowest BCUT2D eigenvalue weighted by atomic mass is 10.1. The first-order valence-corrected chi connectivity index (χ1v) is 7.47. The van der Waals surface area contributed by atoms with Gasteiger partial charge >= 0.3 is 0 Å². The summed E-state index contributed by atoms with van der Waals surface area (Å²) < 4.78 is 0. The van der Waals surface area contributed by atoms with Crippen molar-refractivity contribution in [2.45, 2.75) is 13.5 Å². The van der Waals surface area contributed by atoms with E-state index in [-0.39, 0.29) is 0 Å². The van der Waals surface area contributed by atoms with Gasteiger partial charge in [0.2, 0.25) is 0 Å². The van der Waals surface area contributed by atoms with Gasteiger partial charge in [0.15, 0.2) is 0 Å². The van der Waals surface area contributed by atoms with Crippen LogP contribution in [0.4, 0.5) is 11.4 Å². The van der Waals surface area contributed by atoms with Gasteiger partial charge in [0.1, 0.15) is 0 Å². The number of nitrogens with two attached hydrogens (primary N) is 1. The summed E-state index contributed by atoms with van der Waals surface area (Å²) in [6, 6.07) is 10.8. The van der Waals surface area contributed by atoms with E-state index >= 15 is 0 Å². The standard InChI is InChI=1S/C17H22N4/c1-14-3-2-4-16(11-14)20-7-9-21(10-8-20)17-5-6-19-13-15(17)12-18/h2-6,11,13H,7-10,12,18H2,1H3. The predicted octanol–water partition coefficient (Wildman–Crippen LogP) is 2.18. The number of pyridine rings is 1. The minimum Gasteiger partial charge on any atom is -0.368 e. The Morgan fingerprint density at radius 3 is 2.57 bits per heavy atom. The van der Waals surface area contributed by atoms with E-state index in [1.165, 1.54) is 16.9 Å². The van der Waals surface area contributed by atoms with Crippen molar-refractivity contribution in [3.8, 4) is 0 Å². The lowest BCUT2D eigenvalue weighted by Gasteiger charge is -2.38. The second-order valence-corrected chi connectivity index (χ2v) is 5.52. The van der Waals surface area contributed by atoms with Crippen LogP contribution in [0.15, 0.2) is 42.7 Å². The van der Waals surface area contributed by atoms with Gasteiger partial charge in [-0.25, -0.2) is 0 Å². The summed E-state index contributed by atoms with van der Waals surface area (Å²) >= 11 is 0. The molecule has 0 radical (unpaired) electrons. The maximum absolute atomic E-state index is 5.82. The number of aromatic nitrogens is 1. The normalized spacial score (nSPS) is 15.3. The van der Waals surface area contributed by atoms with Crippen molar-refractivity contribution in [2.24, 2.45) is 5.73 Å². The van der Waals surface area contributed by atoms with Gasteiger partial charge in [-0.3, -0.25) is 4.98 Å². The highest BCUT2D eigenvalue weighted by Crippen LogP contribution is 2.23. The van der Waals surface area contributed by atoms with Gasteiger partial charge in [-0.15, -0.1) is 0 Å². The Kier molecular flexibility index (Phi) is 4.06. The Labute approximate surface area is 126 Å². The molecule has 21 heavy (non-hydrogen) atoms. The zero-order valence-electron chi connectivity index (χ0n) is 12.5. The van der Waals surface area contributed by atoms with Crippen LogP contribution < -0.4 is 15.5 Å². The Balaban J connectivity index is 1.70. The number of benzene rings is 1. The predicted molar refractivity (Wildman–Crippen MR) is 87.7 cm³/mol. The minimum absolute atomic E-state index is 0.543. The van der Waals surface area contributed by atoms with Gasteiger partial charge < -0.3 is 15.5 Å². The number of hydrogen-bond donors (Lipinski definition) is 1. The van der Waals surface area contributed by atoms with E-state index < -0.39 is 0 Å². The fourth-order valence-electron chi connectivity index (χ4n) is 2.92. The monoisotopic (exact) mass is 282 g/mol. The molecule has 2 heterocycles. The molecular weight excluding hydrogens is 260 g/mol. The zero-order valence-corrected chi connectivity index (χ0v) is 12.5. The molecule has 0 saturated carbocycles. The summed E-state index contributed by atoms with van der Waals surface area (Å²) in [6.45, 7) is 6.80. The van der Waals surface area contributed by atoms with Crippen LogP contribution >= 0.6 is 0 Å². The van der Waals surface area contributed by atoms with Crippen molar-refractivity contribution in [1.29, 1.82) is 0 Å². The Hall–Kier alpha value is -2.07. The van der Waals surface area contributed by atoms with Gasteiger partial charge in [-0.1, -0.05) is 12.1 Å². The van der Waals surface area contributed by atoms with E-state index in [0.29, 0.717) is 6.54 Å². The van der Waals surface area contributed by atoms with Gasteiger partial charge in [0.05, 0.1) is 0 Å². The van der Waals surface area contributed by atoms with E-state index in [0.717, 1.165) is 31.7 Å². The van der Waals surface area contributed by atoms with Crippen LogP contribution in [0.25, 0.3) is 0 Å². The summed E-state index contributed by atoms with van der Waals surface area (Å²) in [7, 11) is 0. The molecule has 1 aliphatic heterocycles. The minimum atomic E-state index is 0.543. The Morgan fingerprint density at radius 2 is 1.86 bits per heavy atom. The topological polar surface area (TPSA) is 45.4 Å². The molecular formula is C17H22N4. The second kappa shape index (κ2) is 6.14. The summed E-state index contributed by atoms with van der Waals surface area (Å²) in [5, 5.41) is 0. The van der Waals surface area contributed by atoms with Gasteiger partial charge in [0, 0.05) is 62.1 Å². The van der Waals surface area contributed by atoms with Crippen LogP contribution in [-0.4, -0.2) is 31.2 Å². The fourth-order valence-corrected chi connectivity index (χ4v) is 2.92. The molecule has 110 valence electrons. The highest BCUT2D eigenvalue weighted by Gasteiger charge is 2.19. The first-order chi connectivity index (χ1) is 10.3. The molecule has 1 aromatic carbocycles. The molecule has 0 amide bonds. The third kappa shape index (κ3) is 3.00. The lowest BCUT2D eigenvalue weighted by molar-refractivity contribution is 0.650. The second-order valence-electron chi connectivity index (χ2n) is 5.52. The van der Waals surface area contributed by atoms with E-state index in [1.54, 1.807) is 0 Å². The Bertz CT molecular complexity index is 603. The highest BCUT2D eigenvalue weighted by atomic mass is 15.3. The van der Waals surface area contributed by atoms with Crippen molar-refractivity contribution in [3.63, 3.8) is 0 Å². The first kappa shape index (κ1) is 13.9. The van der Waals surface area contributed by atoms with Gasteiger partial charge in [-0.05, 0) is 30.7 Å². The number of anilines is 2. The molecule has 0 bridgehead atoms. The van der Waals surface area contributed by atoms with Crippen molar-refractivity contribution in [3.05, 3.63) is 53.9 Å². The van der Waals surface area contributed by atoms with Crippen molar-refractivity contribution in [1.82, 2.24) is 4.98 Å². The van der Waals surface area contributed by atoms with E-state index in [1.807, 2.05) is 12.4 Å². The van der Waals surface area contributed by atoms with Crippen LogP contribution in [0, 0.1) is 6.92 Å². The van der Waals surface area contributed by atoms with Crippen LogP contribution in [0.1, 0.15) is 11.1 Å². The summed E-state index contributed by atoms with van der Waals surface area (Å²) in [5.74, 6) is 0. The first-order valence-electron chi connectivity index (χ1n) is 7.47. The number of rotatable bonds is 3. The molecule has 0 atom stereocenters. The number of aryl methyl sites for hydroxylation is 1. The van der Waals surface area contributed by atoms with Crippen LogP contribution in [0.2, 0.25) is 0 Å². The van der Waals surface area contributed by atoms with Crippen molar-refractivity contribution < 1.29 is 0 Å². The maximum Gasteiger partial charge on any atom is 0.0443 e. The average Bonchev–Trinajstić information content (AvgIpc) is 2.55. The molecule has 3 rings (SSSR count). The highest BCUT2D eigenvalue weighted by molar-refractivity contribution is 5.55. The summed E-state index contributed by atoms with van der Waals surface area (Å²) in [5.41, 5.74) is 10.8. The largest absolute Gasteiger partial charge is 0.368 e. The van der Waals surface area contributed by atoms with E-state index in [2.05, 4.69) is 52.0 Å². The van der Waals surface area contributed by atoms with Gasteiger partial charge in [-0.2, -0.15) is 0 Å². The quantitative estimate of drug-likeness (QED) is 0.937. The van der Waals surface area contributed by atoms with Crippen molar-refractivity contribution in [2.75, 3.05) is 36.0 Å². The lowest BCUT2D eigenvalue weighted by Crippen LogP contribution is -2.46. The molecule has 0 aliphatic carbocycles. The summed E-state index contributed by atoms with van der Waals surface area (Å²) in [4.78, 5) is 9.03. The molecule has 1 fully saturated rings. The molecule has 2 N–H and O–H groups in total. The van der Waals surface area contributed by atoms with E-state index in [4.69, 9.17) is 5.73 Å². The third-order valence-electron chi connectivity index (χ3n) is 4.08. The zero-order chi connectivity index (χ0) is 14.7. The molecule has 4 nitrogen and oxygen atoms in total. The molecule has 2 aromatic rings. The molecule has 1 saturated heterocycles. The van der Waals surface area contributed by atoms with Crippen LogP contribution in [0.3, 0.4) is 0 Å². The van der Waals surface area contributed by atoms with E-state index in [9.17, 15) is 0 Å². The number of nitrogens with zero attached hydrogens (tertiary/aromatic N) is 3. The Morgan fingerprint density at radius 1 is 1.10 bits per heavy atom. The number of hydrogen-bond acceptors (Lipinski definition) is 4. The average molecular weight is 282 g/mol. The number of piperazine rings is 1. The SMILES string of the molecule is Cc1cccc(N2CCN(c3ccncc3CN)CC2)c1. The smallest absolute Gasteiger partial charge is 0.0443 e. The van der Waals surface area contributed by atoms with Crippen LogP contribution in [-0.2, 0) is 6.54 Å². The van der Waals surface area contributed by atoms with Gasteiger partial charge in [0.25, 0.3) is 0 Å². The molecule has 1 aliphatic rings. The van der Waals surface area contributed by atoms with Crippen LogP contribution in [0.5, 0.6) is 0 Å². The maximum atomic E-state index is 5.82. The molecule has 4 heteroatoms.